The number of nitrogens with zero attached hydrogens (tertiary/aromatic N) is 2. The summed E-state index contributed by atoms with van der Waals surface area (Å²) in [7, 11) is -3.80. The molecule has 0 spiro atoms. The Labute approximate surface area is 138 Å². The Kier molecular flexibility index (Phi) is 4.06. The van der Waals surface area contributed by atoms with E-state index in [9.17, 15) is 12.8 Å². The van der Waals surface area contributed by atoms with E-state index in [-0.39, 0.29) is 4.90 Å². The second kappa shape index (κ2) is 6.04. The first-order valence-corrected chi connectivity index (χ1v) is 8.53. The van der Waals surface area contributed by atoms with Gasteiger partial charge in [-0.2, -0.15) is 4.98 Å². The maximum atomic E-state index is 13.1. The van der Waals surface area contributed by atoms with E-state index in [2.05, 4.69) is 14.9 Å². The Bertz CT molecular complexity index is 982. The Morgan fingerprint density at radius 1 is 1.08 bits per heavy atom. The van der Waals surface area contributed by atoms with Crippen LogP contribution in [-0.2, 0) is 10.0 Å². The summed E-state index contributed by atoms with van der Waals surface area (Å²) in [6, 6.07) is 10.0. The molecule has 0 saturated heterocycles. The van der Waals surface area contributed by atoms with Crippen LogP contribution in [0.25, 0.3) is 11.5 Å². The Balaban J connectivity index is 1.85. The highest BCUT2D eigenvalue weighted by Gasteiger charge is 2.17. The minimum absolute atomic E-state index is 0.0282. The first kappa shape index (κ1) is 16.1. The van der Waals surface area contributed by atoms with Crippen molar-refractivity contribution in [2.45, 2.75) is 18.7 Å². The third-order valence-corrected chi connectivity index (χ3v) is 4.88. The van der Waals surface area contributed by atoms with Crippen molar-refractivity contribution >= 4 is 15.7 Å². The van der Waals surface area contributed by atoms with Crippen LogP contribution in [0.2, 0.25) is 0 Å². The largest absolute Gasteiger partial charge is 0.334 e. The van der Waals surface area contributed by atoms with Gasteiger partial charge in [0, 0.05) is 11.3 Å². The molecular weight excluding hydrogens is 333 g/mol. The summed E-state index contributed by atoms with van der Waals surface area (Å²) >= 11 is 0. The van der Waals surface area contributed by atoms with Crippen LogP contribution in [0, 0.1) is 19.7 Å². The lowest BCUT2D eigenvalue weighted by atomic mass is 10.2. The van der Waals surface area contributed by atoms with Crippen LogP contribution in [-0.4, -0.2) is 18.6 Å². The molecule has 3 rings (SSSR count). The van der Waals surface area contributed by atoms with E-state index in [0.29, 0.717) is 28.5 Å². The van der Waals surface area contributed by atoms with Crippen LogP contribution in [0.3, 0.4) is 0 Å². The van der Waals surface area contributed by atoms with Gasteiger partial charge >= 0.3 is 0 Å². The highest BCUT2D eigenvalue weighted by Crippen LogP contribution is 2.23. The summed E-state index contributed by atoms with van der Waals surface area (Å²) < 4.78 is 45.5. The number of hydrogen-bond acceptors (Lipinski definition) is 5. The van der Waals surface area contributed by atoms with Crippen LogP contribution >= 0.6 is 0 Å². The Hall–Kier alpha value is -2.74. The molecule has 0 fully saturated rings. The fourth-order valence-corrected chi connectivity index (χ4v) is 3.51. The molecule has 6 nitrogen and oxygen atoms in total. The monoisotopic (exact) mass is 347 g/mol. The lowest BCUT2D eigenvalue weighted by molar-refractivity contribution is 0.425. The molecule has 0 unspecified atom stereocenters. The van der Waals surface area contributed by atoms with Gasteiger partial charge < -0.3 is 4.52 Å². The van der Waals surface area contributed by atoms with Gasteiger partial charge in [0.1, 0.15) is 5.82 Å². The molecule has 0 aliphatic rings. The van der Waals surface area contributed by atoms with Crippen molar-refractivity contribution in [3.05, 3.63) is 59.7 Å². The third-order valence-electron chi connectivity index (χ3n) is 3.34. The number of anilines is 1. The molecule has 1 N–H and O–H groups in total. The number of rotatable bonds is 4. The smallest absolute Gasteiger partial charge is 0.262 e. The molecule has 1 aromatic heterocycles. The van der Waals surface area contributed by atoms with Gasteiger partial charge in [-0.1, -0.05) is 5.16 Å². The SMILES string of the molecule is Cc1noc(-c2ccc(NS(=O)(=O)c3ccc(F)cc3C)cc2)n1. The second-order valence-electron chi connectivity index (χ2n) is 5.24. The number of hydrogen-bond donors (Lipinski definition) is 1. The molecule has 2 aromatic carbocycles. The van der Waals surface area contributed by atoms with Gasteiger partial charge in [-0.05, 0) is 61.9 Å². The lowest BCUT2D eigenvalue weighted by Crippen LogP contribution is -2.14. The molecule has 1 heterocycles. The average Bonchev–Trinajstić information content (AvgIpc) is 2.93. The third kappa shape index (κ3) is 3.28. The van der Waals surface area contributed by atoms with Crippen molar-refractivity contribution in [2.75, 3.05) is 4.72 Å². The molecule has 0 atom stereocenters. The van der Waals surface area contributed by atoms with Gasteiger partial charge in [0.2, 0.25) is 0 Å². The van der Waals surface area contributed by atoms with E-state index < -0.39 is 15.8 Å². The van der Waals surface area contributed by atoms with Crippen LogP contribution in [0.15, 0.2) is 51.9 Å². The summed E-state index contributed by atoms with van der Waals surface area (Å²) in [5.74, 6) is 0.392. The zero-order valence-electron chi connectivity index (χ0n) is 12.9. The molecule has 0 saturated carbocycles. The van der Waals surface area contributed by atoms with Crippen molar-refractivity contribution < 1.29 is 17.3 Å². The summed E-state index contributed by atoms with van der Waals surface area (Å²) in [6.45, 7) is 3.25. The fraction of sp³-hybridized carbons (Fsp3) is 0.125. The van der Waals surface area contributed by atoms with E-state index in [1.807, 2.05) is 0 Å². The van der Waals surface area contributed by atoms with Crippen molar-refractivity contribution in [3.8, 4) is 11.5 Å². The van der Waals surface area contributed by atoms with Gasteiger partial charge in [0.15, 0.2) is 5.82 Å². The maximum Gasteiger partial charge on any atom is 0.262 e. The van der Waals surface area contributed by atoms with Crippen molar-refractivity contribution in [3.63, 3.8) is 0 Å². The van der Waals surface area contributed by atoms with Crippen molar-refractivity contribution in [1.29, 1.82) is 0 Å². The Morgan fingerprint density at radius 3 is 2.38 bits per heavy atom. The Morgan fingerprint density at radius 2 is 1.79 bits per heavy atom. The summed E-state index contributed by atoms with van der Waals surface area (Å²) in [5, 5.41) is 3.70. The molecule has 0 radical (unpaired) electrons. The number of benzene rings is 2. The molecule has 3 aromatic rings. The van der Waals surface area contributed by atoms with Gasteiger partial charge in [0.05, 0.1) is 4.90 Å². The van der Waals surface area contributed by atoms with E-state index in [4.69, 9.17) is 4.52 Å². The van der Waals surface area contributed by atoms with Crippen LogP contribution < -0.4 is 4.72 Å². The highest BCUT2D eigenvalue weighted by atomic mass is 32.2. The summed E-state index contributed by atoms with van der Waals surface area (Å²) in [5.41, 5.74) is 1.38. The second-order valence-corrected chi connectivity index (χ2v) is 6.89. The number of aryl methyl sites for hydroxylation is 2. The predicted molar refractivity (Wildman–Crippen MR) is 86.4 cm³/mol. The zero-order chi connectivity index (χ0) is 17.3. The predicted octanol–water partition coefficient (Wildman–Crippen LogP) is 3.29. The van der Waals surface area contributed by atoms with E-state index in [1.165, 1.54) is 12.1 Å². The van der Waals surface area contributed by atoms with Crippen molar-refractivity contribution in [1.82, 2.24) is 10.1 Å². The minimum Gasteiger partial charge on any atom is -0.334 e. The lowest BCUT2D eigenvalue weighted by Gasteiger charge is -2.10. The van der Waals surface area contributed by atoms with E-state index in [1.54, 1.807) is 38.1 Å². The molecule has 8 heteroatoms. The summed E-state index contributed by atoms with van der Waals surface area (Å²) in [6.07, 6.45) is 0. The van der Waals surface area contributed by atoms with E-state index in [0.717, 1.165) is 6.07 Å². The molecule has 0 aliphatic heterocycles. The van der Waals surface area contributed by atoms with Gasteiger partial charge in [-0.15, -0.1) is 0 Å². The number of nitrogens with one attached hydrogen (secondary N) is 1. The number of sulfonamides is 1. The van der Waals surface area contributed by atoms with Crippen LogP contribution in [0.5, 0.6) is 0 Å². The first-order chi connectivity index (χ1) is 11.3. The van der Waals surface area contributed by atoms with Gasteiger partial charge in [-0.25, -0.2) is 12.8 Å². The molecule has 124 valence electrons. The van der Waals surface area contributed by atoms with E-state index >= 15 is 0 Å². The van der Waals surface area contributed by atoms with Crippen molar-refractivity contribution in [2.24, 2.45) is 0 Å². The summed E-state index contributed by atoms with van der Waals surface area (Å²) in [4.78, 5) is 4.13. The van der Waals surface area contributed by atoms with Gasteiger partial charge in [0.25, 0.3) is 15.9 Å². The normalized spacial score (nSPS) is 11.5. The fourth-order valence-electron chi connectivity index (χ4n) is 2.22. The van der Waals surface area contributed by atoms with Gasteiger partial charge in [-0.3, -0.25) is 4.72 Å². The number of halogens is 1. The molecule has 0 bridgehead atoms. The average molecular weight is 347 g/mol. The molecule has 0 amide bonds. The highest BCUT2D eigenvalue weighted by molar-refractivity contribution is 7.92. The standard InChI is InChI=1S/C16H14FN3O3S/c1-10-9-13(17)5-8-15(10)24(21,22)20-14-6-3-12(4-7-14)16-18-11(2)19-23-16/h3-9,20H,1-2H3. The maximum absolute atomic E-state index is 13.1. The number of aromatic nitrogens is 2. The molecule has 0 aliphatic carbocycles. The molecular formula is C16H14FN3O3S. The minimum atomic E-state index is -3.80. The molecule has 24 heavy (non-hydrogen) atoms. The zero-order valence-corrected chi connectivity index (χ0v) is 13.8. The van der Waals surface area contributed by atoms with Crippen LogP contribution in [0.4, 0.5) is 10.1 Å². The quantitative estimate of drug-likeness (QED) is 0.783. The first-order valence-electron chi connectivity index (χ1n) is 7.05. The topological polar surface area (TPSA) is 85.1 Å². The van der Waals surface area contributed by atoms with Crippen LogP contribution in [0.1, 0.15) is 11.4 Å².